The van der Waals surface area contributed by atoms with Crippen molar-refractivity contribution in [2.24, 2.45) is 0 Å². The van der Waals surface area contributed by atoms with Gasteiger partial charge in [0.2, 0.25) is 15.9 Å². The Morgan fingerprint density at radius 2 is 1.88 bits per heavy atom. The highest BCUT2D eigenvalue weighted by atomic mass is 32.2. The van der Waals surface area contributed by atoms with Crippen molar-refractivity contribution in [2.75, 3.05) is 10.6 Å². The normalized spacial score (nSPS) is 12.4. The molecule has 0 aliphatic carbocycles. The number of sulfonamides is 1. The fraction of sp³-hybridized carbons (Fsp3) is 0.333. The van der Waals surface area contributed by atoms with E-state index in [0.717, 1.165) is 11.8 Å². The SMILES string of the molecule is CC[C@@H](C(=O)NCc1ccccn1)N(c1ccc(C)cc1)S(C)(=O)=O. The van der Waals surface area contributed by atoms with E-state index in [1.165, 1.54) is 4.31 Å². The third kappa shape index (κ3) is 5.03. The standard InChI is InChI=1S/C18H23N3O3S/c1-4-17(18(22)20-13-15-7-5-6-12-19-15)21(25(3,23)24)16-10-8-14(2)9-11-16/h5-12,17H,4,13H2,1-3H3,(H,20,22)/t17-/m0/s1. The first kappa shape index (κ1) is 18.9. The molecule has 6 nitrogen and oxygen atoms in total. The lowest BCUT2D eigenvalue weighted by atomic mass is 10.1. The summed E-state index contributed by atoms with van der Waals surface area (Å²) in [5, 5.41) is 2.78. The Morgan fingerprint density at radius 1 is 1.20 bits per heavy atom. The third-order valence-electron chi connectivity index (χ3n) is 3.79. The number of amides is 1. The van der Waals surface area contributed by atoms with Gasteiger partial charge in [0.1, 0.15) is 6.04 Å². The summed E-state index contributed by atoms with van der Waals surface area (Å²) in [4.78, 5) is 16.8. The Hall–Kier alpha value is -2.41. The minimum atomic E-state index is -3.61. The summed E-state index contributed by atoms with van der Waals surface area (Å²) in [6.45, 7) is 3.96. The first-order valence-corrected chi connectivity index (χ1v) is 9.91. The molecule has 2 aromatic rings. The Balaban J connectivity index is 2.23. The van der Waals surface area contributed by atoms with Crippen molar-refractivity contribution < 1.29 is 13.2 Å². The molecule has 1 amide bonds. The van der Waals surface area contributed by atoms with Crippen LogP contribution in [0, 0.1) is 6.92 Å². The van der Waals surface area contributed by atoms with E-state index in [0.29, 0.717) is 17.8 Å². The second-order valence-corrected chi connectivity index (χ2v) is 7.72. The van der Waals surface area contributed by atoms with Crippen molar-refractivity contribution >= 4 is 21.6 Å². The molecule has 1 N–H and O–H groups in total. The van der Waals surface area contributed by atoms with Crippen LogP contribution in [0.1, 0.15) is 24.6 Å². The molecule has 1 heterocycles. The predicted octanol–water partition coefficient (Wildman–Crippen LogP) is 2.25. The number of nitrogens with zero attached hydrogens (tertiary/aromatic N) is 2. The number of rotatable bonds is 7. The Labute approximate surface area is 148 Å². The number of carbonyl (C=O) groups excluding carboxylic acids is 1. The minimum absolute atomic E-state index is 0.252. The lowest BCUT2D eigenvalue weighted by molar-refractivity contribution is -0.122. The molecule has 0 aliphatic rings. The molecule has 2 rings (SSSR count). The average molecular weight is 361 g/mol. The van der Waals surface area contributed by atoms with Gasteiger partial charge in [-0.05, 0) is 37.6 Å². The van der Waals surface area contributed by atoms with Crippen molar-refractivity contribution in [1.29, 1.82) is 0 Å². The molecule has 0 aliphatic heterocycles. The quantitative estimate of drug-likeness (QED) is 0.820. The third-order valence-corrected chi connectivity index (χ3v) is 4.97. The van der Waals surface area contributed by atoms with Gasteiger partial charge < -0.3 is 5.32 Å². The van der Waals surface area contributed by atoms with E-state index >= 15 is 0 Å². The predicted molar refractivity (Wildman–Crippen MR) is 98.7 cm³/mol. The van der Waals surface area contributed by atoms with Crippen molar-refractivity contribution in [2.45, 2.75) is 32.9 Å². The van der Waals surface area contributed by atoms with Crippen LogP contribution in [0.25, 0.3) is 0 Å². The number of hydrogen-bond acceptors (Lipinski definition) is 4. The summed E-state index contributed by atoms with van der Waals surface area (Å²) < 4.78 is 25.8. The van der Waals surface area contributed by atoms with Crippen LogP contribution in [-0.4, -0.2) is 31.6 Å². The van der Waals surface area contributed by atoms with Crippen LogP contribution < -0.4 is 9.62 Å². The van der Waals surface area contributed by atoms with Gasteiger partial charge in [-0.2, -0.15) is 0 Å². The molecule has 0 spiro atoms. The van der Waals surface area contributed by atoms with Crippen LogP contribution in [0.5, 0.6) is 0 Å². The summed E-state index contributed by atoms with van der Waals surface area (Å²) in [5.41, 5.74) is 2.21. The van der Waals surface area contributed by atoms with Crippen molar-refractivity contribution in [1.82, 2.24) is 10.3 Å². The van der Waals surface area contributed by atoms with Crippen LogP contribution in [0.4, 0.5) is 5.69 Å². The number of aryl methyl sites for hydroxylation is 1. The van der Waals surface area contributed by atoms with Crippen LogP contribution in [0.3, 0.4) is 0 Å². The van der Waals surface area contributed by atoms with Crippen molar-refractivity contribution in [3.8, 4) is 0 Å². The summed E-state index contributed by atoms with van der Waals surface area (Å²) in [7, 11) is -3.61. The van der Waals surface area contributed by atoms with Crippen LogP contribution in [0.15, 0.2) is 48.7 Å². The van der Waals surface area contributed by atoms with Crippen molar-refractivity contribution in [3.05, 3.63) is 59.9 Å². The van der Waals surface area contributed by atoms with E-state index in [-0.39, 0.29) is 12.5 Å². The fourth-order valence-corrected chi connectivity index (χ4v) is 3.76. The van der Waals surface area contributed by atoms with Crippen LogP contribution in [-0.2, 0) is 21.4 Å². The first-order valence-electron chi connectivity index (χ1n) is 8.06. The highest BCUT2D eigenvalue weighted by molar-refractivity contribution is 7.92. The topological polar surface area (TPSA) is 79.4 Å². The van der Waals surface area contributed by atoms with Crippen LogP contribution >= 0.6 is 0 Å². The highest BCUT2D eigenvalue weighted by Gasteiger charge is 2.31. The molecule has 1 aromatic carbocycles. The molecule has 7 heteroatoms. The van der Waals surface area contributed by atoms with Gasteiger partial charge in [0, 0.05) is 6.20 Å². The van der Waals surface area contributed by atoms with Gasteiger partial charge in [-0.3, -0.25) is 14.1 Å². The highest BCUT2D eigenvalue weighted by Crippen LogP contribution is 2.23. The Kier molecular flexibility index (Phi) is 6.14. The largest absolute Gasteiger partial charge is 0.349 e. The zero-order chi connectivity index (χ0) is 18.4. The van der Waals surface area contributed by atoms with E-state index in [1.54, 1.807) is 37.4 Å². The van der Waals surface area contributed by atoms with Gasteiger partial charge in [-0.1, -0.05) is 30.7 Å². The van der Waals surface area contributed by atoms with Crippen molar-refractivity contribution in [3.63, 3.8) is 0 Å². The van der Waals surface area contributed by atoms with E-state index < -0.39 is 16.1 Å². The maximum Gasteiger partial charge on any atom is 0.244 e. The maximum absolute atomic E-state index is 12.6. The van der Waals surface area contributed by atoms with E-state index in [9.17, 15) is 13.2 Å². The number of benzene rings is 1. The fourth-order valence-electron chi connectivity index (χ4n) is 2.55. The number of hydrogen-bond donors (Lipinski definition) is 1. The zero-order valence-corrected chi connectivity index (χ0v) is 15.5. The van der Waals surface area contributed by atoms with Gasteiger partial charge in [0.25, 0.3) is 0 Å². The van der Waals surface area contributed by atoms with E-state index in [1.807, 2.05) is 25.1 Å². The number of pyridine rings is 1. The Bertz CT molecular complexity index is 805. The van der Waals surface area contributed by atoms with E-state index in [4.69, 9.17) is 0 Å². The summed E-state index contributed by atoms with van der Waals surface area (Å²) >= 11 is 0. The van der Waals surface area contributed by atoms with Gasteiger partial charge in [0.15, 0.2) is 0 Å². The van der Waals surface area contributed by atoms with Gasteiger partial charge in [0.05, 0.1) is 24.2 Å². The molecule has 25 heavy (non-hydrogen) atoms. The van der Waals surface area contributed by atoms with Gasteiger partial charge in [-0.25, -0.2) is 8.42 Å². The zero-order valence-electron chi connectivity index (χ0n) is 14.6. The lowest BCUT2D eigenvalue weighted by Gasteiger charge is -2.30. The summed E-state index contributed by atoms with van der Waals surface area (Å²) in [6.07, 6.45) is 3.12. The molecule has 1 aromatic heterocycles. The summed E-state index contributed by atoms with van der Waals surface area (Å²) in [6, 6.07) is 11.7. The van der Waals surface area contributed by atoms with Gasteiger partial charge >= 0.3 is 0 Å². The Morgan fingerprint density at radius 3 is 2.40 bits per heavy atom. The molecule has 0 bridgehead atoms. The average Bonchev–Trinajstić information content (AvgIpc) is 2.58. The smallest absolute Gasteiger partial charge is 0.244 e. The number of anilines is 1. The minimum Gasteiger partial charge on any atom is -0.349 e. The molecular formula is C18H23N3O3S. The molecule has 0 saturated heterocycles. The lowest BCUT2D eigenvalue weighted by Crippen LogP contribution is -2.49. The number of carbonyl (C=O) groups is 1. The monoisotopic (exact) mass is 361 g/mol. The molecule has 0 unspecified atom stereocenters. The second kappa shape index (κ2) is 8.11. The molecule has 0 radical (unpaired) electrons. The molecule has 1 atom stereocenters. The van der Waals surface area contributed by atoms with E-state index in [2.05, 4.69) is 10.3 Å². The maximum atomic E-state index is 12.6. The molecule has 0 saturated carbocycles. The molecule has 0 fully saturated rings. The number of aromatic nitrogens is 1. The molecule has 134 valence electrons. The summed E-state index contributed by atoms with van der Waals surface area (Å²) in [5.74, 6) is -0.348. The molecular weight excluding hydrogens is 338 g/mol. The number of nitrogens with one attached hydrogen (secondary N) is 1. The van der Waals surface area contributed by atoms with Crippen LogP contribution in [0.2, 0.25) is 0 Å². The first-order chi connectivity index (χ1) is 11.8. The second-order valence-electron chi connectivity index (χ2n) is 5.86. The van der Waals surface area contributed by atoms with Gasteiger partial charge in [-0.15, -0.1) is 0 Å².